The number of carbonyl (C=O) groups is 2. The van der Waals surface area contributed by atoms with E-state index in [0.717, 1.165) is 0 Å². The van der Waals surface area contributed by atoms with Crippen LogP contribution in [0.5, 0.6) is 0 Å². The van der Waals surface area contributed by atoms with Crippen molar-refractivity contribution in [3.63, 3.8) is 0 Å². The number of aryl methyl sites for hydroxylation is 1. The summed E-state index contributed by atoms with van der Waals surface area (Å²) < 4.78 is 12.0. The molecule has 1 saturated heterocycles. The van der Waals surface area contributed by atoms with Crippen LogP contribution in [0.4, 0.5) is 0 Å². The summed E-state index contributed by atoms with van der Waals surface area (Å²) in [5.74, 6) is -2.00. The highest BCUT2D eigenvalue weighted by atomic mass is 16.6. The first-order valence-corrected chi connectivity index (χ1v) is 8.60. The van der Waals surface area contributed by atoms with Gasteiger partial charge in [0.25, 0.3) is 5.56 Å². The lowest BCUT2D eigenvalue weighted by Gasteiger charge is -2.17. The lowest BCUT2D eigenvalue weighted by Crippen LogP contribution is -2.33. The molecule has 0 amide bonds. The molecule has 1 aromatic rings. The van der Waals surface area contributed by atoms with Crippen molar-refractivity contribution in [2.75, 3.05) is 6.61 Å². The van der Waals surface area contributed by atoms with E-state index in [1.807, 2.05) is 0 Å². The Kier molecular flexibility index (Phi) is 6.96. The second kappa shape index (κ2) is 9.20. The van der Waals surface area contributed by atoms with Gasteiger partial charge in [-0.3, -0.25) is 23.9 Å². The topological polar surface area (TPSA) is 176 Å². The van der Waals surface area contributed by atoms with Gasteiger partial charge in [-0.15, -0.1) is 0 Å². The molecule has 0 radical (unpaired) electrons. The van der Waals surface area contributed by atoms with Crippen LogP contribution in [0, 0.1) is 12.8 Å². The fourth-order valence-electron chi connectivity index (χ4n) is 2.91. The molecule has 0 saturated carbocycles. The molecule has 1 fully saturated rings. The molecule has 12 nitrogen and oxygen atoms in total. The van der Waals surface area contributed by atoms with Gasteiger partial charge in [0.15, 0.2) is 0 Å². The Morgan fingerprint density at radius 3 is 2.86 bits per heavy atom. The number of carboxylic acids is 1. The Hall–Kier alpha value is -3.11. The van der Waals surface area contributed by atoms with Crippen LogP contribution in [0.1, 0.15) is 38.0 Å². The average Bonchev–Trinajstić information content (AvgIpc) is 2.98. The first-order valence-electron chi connectivity index (χ1n) is 8.60. The van der Waals surface area contributed by atoms with Crippen LogP contribution in [0.15, 0.2) is 20.9 Å². The van der Waals surface area contributed by atoms with Gasteiger partial charge < -0.3 is 14.6 Å². The minimum atomic E-state index is -1.01. The van der Waals surface area contributed by atoms with Crippen molar-refractivity contribution in [2.45, 2.75) is 51.5 Å². The van der Waals surface area contributed by atoms with E-state index in [2.05, 4.69) is 15.0 Å². The van der Waals surface area contributed by atoms with E-state index in [1.54, 1.807) is 6.92 Å². The molecule has 0 aromatic carbocycles. The smallest absolute Gasteiger partial charge is 0.330 e. The lowest BCUT2D eigenvalue weighted by molar-refractivity contribution is -0.150. The number of rotatable bonds is 8. The predicted octanol–water partition coefficient (Wildman–Crippen LogP) is 0.856. The van der Waals surface area contributed by atoms with E-state index in [-0.39, 0.29) is 25.9 Å². The van der Waals surface area contributed by atoms with Gasteiger partial charge in [-0.25, -0.2) is 4.79 Å². The molecule has 2 N–H and O–H groups in total. The summed E-state index contributed by atoms with van der Waals surface area (Å²) in [5.41, 5.74) is 7.88. The Bertz CT molecular complexity index is 901. The Morgan fingerprint density at radius 2 is 2.21 bits per heavy atom. The molecule has 0 bridgehead atoms. The molecular formula is C16H21N5O7. The van der Waals surface area contributed by atoms with Gasteiger partial charge in [-0.2, -0.15) is 0 Å². The Balaban J connectivity index is 2.04. The maximum atomic E-state index is 12.0. The minimum absolute atomic E-state index is 0.0762. The van der Waals surface area contributed by atoms with Crippen LogP contribution in [0.2, 0.25) is 0 Å². The zero-order valence-electron chi connectivity index (χ0n) is 15.4. The predicted molar refractivity (Wildman–Crippen MR) is 94.5 cm³/mol. The van der Waals surface area contributed by atoms with Gasteiger partial charge in [0.2, 0.25) is 0 Å². The van der Waals surface area contributed by atoms with Gasteiger partial charge in [-0.05, 0) is 18.4 Å². The fraction of sp³-hybridized carbons (Fsp3) is 0.625. The highest BCUT2D eigenvalue weighted by Gasteiger charge is 2.37. The molecule has 2 heterocycles. The number of hydrogen-bond donors (Lipinski definition) is 2. The molecule has 1 aliphatic rings. The third-order valence-electron chi connectivity index (χ3n) is 4.31. The molecule has 12 heteroatoms. The van der Waals surface area contributed by atoms with Crippen molar-refractivity contribution in [1.29, 1.82) is 0 Å². The second-order valence-electron chi connectivity index (χ2n) is 6.71. The van der Waals surface area contributed by atoms with Gasteiger partial charge in [0.05, 0.1) is 6.04 Å². The number of nitrogens with one attached hydrogen (secondary N) is 1. The summed E-state index contributed by atoms with van der Waals surface area (Å²) in [4.78, 5) is 51.0. The second-order valence-corrected chi connectivity index (χ2v) is 6.71. The normalized spacial score (nSPS) is 22.3. The fourth-order valence-corrected chi connectivity index (χ4v) is 2.91. The van der Waals surface area contributed by atoms with E-state index in [9.17, 15) is 19.2 Å². The average molecular weight is 395 g/mol. The van der Waals surface area contributed by atoms with E-state index >= 15 is 0 Å². The van der Waals surface area contributed by atoms with E-state index in [1.165, 1.54) is 17.7 Å². The SMILES string of the molecule is Cc1cn(C2CC(N=[N+]=[N-])C(COC(=O)CC(C)CC(=O)O)O2)c(=O)[nH]c1=O. The van der Waals surface area contributed by atoms with Crippen molar-refractivity contribution in [2.24, 2.45) is 11.0 Å². The molecule has 1 aliphatic heterocycles. The van der Waals surface area contributed by atoms with Gasteiger partial charge in [0.1, 0.15) is 18.9 Å². The van der Waals surface area contributed by atoms with E-state index < -0.39 is 47.5 Å². The van der Waals surface area contributed by atoms with Crippen LogP contribution >= 0.6 is 0 Å². The number of hydrogen-bond acceptors (Lipinski definition) is 7. The number of ether oxygens (including phenoxy) is 2. The number of aromatic amines is 1. The van der Waals surface area contributed by atoms with Crippen molar-refractivity contribution in [1.82, 2.24) is 9.55 Å². The zero-order valence-corrected chi connectivity index (χ0v) is 15.4. The summed E-state index contributed by atoms with van der Waals surface area (Å²) in [6, 6.07) is -0.682. The zero-order chi connectivity index (χ0) is 20.8. The monoisotopic (exact) mass is 395 g/mol. The molecule has 28 heavy (non-hydrogen) atoms. The summed E-state index contributed by atoms with van der Waals surface area (Å²) in [5, 5.41) is 12.3. The summed E-state index contributed by atoms with van der Waals surface area (Å²) in [6.07, 6.45) is -0.305. The third kappa shape index (κ3) is 5.44. The Labute approximate surface area is 158 Å². The first-order chi connectivity index (χ1) is 13.2. The van der Waals surface area contributed by atoms with Gasteiger partial charge in [0, 0.05) is 35.9 Å². The highest BCUT2D eigenvalue weighted by Crippen LogP contribution is 2.30. The van der Waals surface area contributed by atoms with Gasteiger partial charge in [-0.1, -0.05) is 12.0 Å². The summed E-state index contributed by atoms with van der Waals surface area (Å²) in [6.45, 7) is 2.94. The Morgan fingerprint density at radius 1 is 1.50 bits per heavy atom. The van der Waals surface area contributed by atoms with E-state index in [4.69, 9.17) is 20.1 Å². The van der Waals surface area contributed by atoms with Crippen LogP contribution in [-0.2, 0) is 19.1 Å². The highest BCUT2D eigenvalue weighted by molar-refractivity contribution is 5.72. The molecule has 4 unspecified atom stereocenters. The quantitative estimate of drug-likeness (QED) is 0.283. The van der Waals surface area contributed by atoms with Crippen molar-refractivity contribution in [3.05, 3.63) is 43.0 Å². The van der Waals surface area contributed by atoms with Crippen LogP contribution in [0.3, 0.4) is 0 Å². The third-order valence-corrected chi connectivity index (χ3v) is 4.31. The number of carbonyl (C=O) groups excluding carboxylic acids is 1. The molecule has 1 aromatic heterocycles. The van der Waals surface area contributed by atoms with Crippen LogP contribution in [-0.4, -0.2) is 45.3 Å². The first kappa shape index (κ1) is 21.2. The van der Waals surface area contributed by atoms with Crippen molar-refractivity contribution >= 4 is 11.9 Å². The maximum Gasteiger partial charge on any atom is 0.330 e. The van der Waals surface area contributed by atoms with Crippen LogP contribution < -0.4 is 11.2 Å². The molecule has 152 valence electrons. The maximum absolute atomic E-state index is 12.0. The lowest BCUT2D eigenvalue weighted by atomic mass is 10.0. The van der Waals surface area contributed by atoms with Crippen LogP contribution in [0.25, 0.3) is 10.4 Å². The number of azide groups is 1. The molecule has 0 aliphatic carbocycles. The number of carboxylic acid groups (broad SMARTS) is 1. The van der Waals surface area contributed by atoms with Gasteiger partial charge >= 0.3 is 17.6 Å². The molecular weight excluding hydrogens is 374 g/mol. The number of aliphatic carboxylic acids is 1. The molecule has 0 spiro atoms. The summed E-state index contributed by atoms with van der Waals surface area (Å²) >= 11 is 0. The summed E-state index contributed by atoms with van der Waals surface area (Å²) in [7, 11) is 0. The molecule has 4 atom stereocenters. The number of H-pyrrole nitrogens is 1. The number of aromatic nitrogens is 2. The largest absolute Gasteiger partial charge is 0.481 e. The van der Waals surface area contributed by atoms with Crippen molar-refractivity contribution < 1.29 is 24.2 Å². The number of nitrogens with zero attached hydrogens (tertiary/aromatic N) is 4. The number of esters is 1. The minimum Gasteiger partial charge on any atom is -0.481 e. The molecule has 2 rings (SSSR count). The standard InChI is InChI=1S/C16H21N5O7/c1-8(3-13(22)23)4-14(24)27-7-11-10(19-20-17)5-12(28-11)21-6-9(2)15(25)18-16(21)26/h6,8,10-12H,3-5,7H2,1-2H3,(H,22,23)(H,18,25,26). The van der Waals surface area contributed by atoms with E-state index in [0.29, 0.717) is 5.56 Å². The van der Waals surface area contributed by atoms with Crippen molar-refractivity contribution in [3.8, 4) is 0 Å².